The Morgan fingerprint density at radius 1 is 1.37 bits per heavy atom. The standard InChI is InChI=1S/C13H21N3O2S/c1-8-5-9(10-3-4-16-7-12(10)15)6-11(14)13(8)19(2,17)18/h3-4,7-9,11,13H,5-6,14-15H2,1-2H3/t8-,9+,11+,13-/m0/s1. The Morgan fingerprint density at radius 3 is 2.58 bits per heavy atom. The summed E-state index contributed by atoms with van der Waals surface area (Å²) < 4.78 is 23.6. The molecule has 1 aliphatic rings. The van der Waals surface area contributed by atoms with E-state index in [2.05, 4.69) is 4.98 Å². The predicted octanol–water partition coefficient (Wildman–Crippen LogP) is 0.918. The highest BCUT2D eigenvalue weighted by Crippen LogP contribution is 2.39. The van der Waals surface area contributed by atoms with Gasteiger partial charge in [-0.1, -0.05) is 6.92 Å². The van der Waals surface area contributed by atoms with E-state index in [0.29, 0.717) is 12.1 Å². The summed E-state index contributed by atoms with van der Waals surface area (Å²) in [4.78, 5) is 3.98. The number of anilines is 1. The summed E-state index contributed by atoms with van der Waals surface area (Å²) in [5.74, 6) is 0.252. The monoisotopic (exact) mass is 283 g/mol. The van der Waals surface area contributed by atoms with Gasteiger partial charge in [-0.25, -0.2) is 8.42 Å². The third-order valence-corrected chi connectivity index (χ3v) is 5.82. The van der Waals surface area contributed by atoms with Crippen LogP contribution in [0, 0.1) is 5.92 Å². The summed E-state index contributed by atoms with van der Waals surface area (Å²) in [6, 6.07) is 1.57. The van der Waals surface area contributed by atoms with Crippen molar-refractivity contribution in [3.63, 3.8) is 0 Å². The van der Waals surface area contributed by atoms with Crippen LogP contribution in [0.4, 0.5) is 5.69 Å². The van der Waals surface area contributed by atoms with Crippen LogP contribution in [0.2, 0.25) is 0 Å². The molecule has 1 aromatic heterocycles. The molecule has 0 bridgehead atoms. The van der Waals surface area contributed by atoms with Crippen LogP contribution in [-0.2, 0) is 9.84 Å². The van der Waals surface area contributed by atoms with E-state index < -0.39 is 15.1 Å². The molecule has 1 saturated carbocycles. The number of hydrogen-bond donors (Lipinski definition) is 2. The average Bonchev–Trinajstić information content (AvgIpc) is 2.26. The van der Waals surface area contributed by atoms with Crippen molar-refractivity contribution >= 4 is 15.5 Å². The number of rotatable bonds is 2. The highest BCUT2D eigenvalue weighted by molar-refractivity contribution is 7.91. The van der Waals surface area contributed by atoms with Gasteiger partial charge in [-0.05, 0) is 36.3 Å². The Balaban J connectivity index is 2.25. The fourth-order valence-electron chi connectivity index (χ4n) is 3.35. The number of sulfone groups is 1. The molecule has 106 valence electrons. The van der Waals surface area contributed by atoms with Crippen molar-refractivity contribution in [2.75, 3.05) is 12.0 Å². The van der Waals surface area contributed by atoms with Crippen LogP contribution in [0.5, 0.6) is 0 Å². The molecule has 19 heavy (non-hydrogen) atoms. The zero-order chi connectivity index (χ0) is 14.2. The van der Waals surface area contributed by atoms with Crippen LogP contribution >= 0.6 is 0 Å². The van der Waals surface area contributed by atoms with Gasteiger partial charge in [0.25, 0.3) is 0 Å². The van der Waals surface area contributed by atoms with Crippen LogP contribution in [0.15, 0.2) is 18.5 Å². The van der Waals surface area contributed by atoms with Crippen molar-refractivity contribution in [3.8, 4) is 0 Å². The topological polar surface area (TPSA) is 99.1 Å². The van der Waals surface area contributed by atoms with Gasteiger partial charge in [-0.15, -0.1) is 0 Å². The minimum atomic E-state index is -3.11. The first kappa shape index (κ1) is 14.3. The van der Waals surface area contributed by atoms with Gasteiger partial charge in [0.05, 0.1) is 17.1 Å². The van der Waals surface area contributed by atoms with E-state index in [1.807, 2.05) is 13.0 Å². The van der Waals surface area contributed by atoms with E-state index in [0.717, 1.165) is 12.0 Å². The van der Waals surface area contributed by atoms with Crippen molar-refractivity contribution in [2.45, 2.75) is 37.0 Å². The maximum atomic E-state index is 11.8. The number of pyridine rings is 1. The second-order valence-corrected chi connectivity index (χ2v) is 7.81. The van der Waals surface area contributed by atoms with Crippen molar-refractivity contribution < 1.29 is 8.42 Å². The van der Waals surface area contributed by atoms with E-state index in [1.54, 1.807) is 12.4 Å². The lowest BCUT2D eigenvalue weighted by atomic mass is 9.76. The Morgan fingerprint density at radius 2 is 2.05 bits per heavy atom. The van der Waals surface area contributed by atoms with Gasteiger partial charge in [0, 0.05) is 18.5 Å². The molecule has 4 N–H and O–H groups in total. The van der Waals surface area contributed by atoms with Gasteiger partial charge in [-0.2, -0.15) is 0 Å². The van der Waals surface area contributed by atoms with Crippen LogP contribution < -0.4 is 11.5 Å². The van der Waals surface area contributed by atoms with Crippen LogP contribution in [0.25, 0.3) is 0 Å². The number of nitrogens with zero attached hydrogens (tertiary/aromatic N) is 1. The molecule has 0 spiro atoms. The first-order valence-corrected chi connectivity index (χ1v) is 8.40. The maximum Gasteiger partial charge on any atom is 0.152 e. The quantitative estimate of drug-likeness (QED) is 0.840. The van der Waals surface area contributed by atoms with Crippen LogP contribution in [0.1, 0.15) is 31.2 Å². The fraction of sp³-hybridized carbons (Fsp3) is 0.615. The fourth-order valence-corrected chi connectivity index (χ4v) is 5.05. The summed E-state index contributed by atoms with van der Waals surface area (Å²) in [6.45, 7) is 1.95. The average molecular weight is 283 g/mol. The molecule has 6 heteroatoms. The molecule has 1 aliphatic carbocycles. The van der Waals surface area contributed by atoms with E-state index in [-0.39, 0.29) is 17.9 Å². The predicted molar refractivity (Wildman–Crippen MR) is 76.4 cm³/mol. The van der Waals surface area contributed by atoms with Crippen molar-refractivity contribution in [1.29, 1.82) is 0 Å². The molecule has 0 aliphatic heterocycles. The molecule has 0 unspecified atom stereocenters. The number of nitrogens with two attached hydrogens (primary N) is 2. The Hall–Kier alpha value is -1.14. The minimum absolute atomic E-state index is 0.0383. The van der Waals surface area contributed by atoms with Crippen molar-refractivity contribution in [3.05, 3.63) is 24.0 Å². The van der Waals surface area contributed by atoms with Crippen molar-refractivity contribution in [1.82, 2.24) is 4.98 Å². The van der Waals surface area contributed by atoms with E-state index >= 15 is 0 Å². The zero-order valence-corrected chi connectivity index (χ0v) is 12.1. The molecular formula is C13H21N3O2S. The van der Waals surface area contributed by atoms with Crippen molar-refractivity contribution in [2.24, 2.45) is 11.7 Å². The summed E-state index contributed by atoms with van der Waals surface area (Å²) in [5.41, 5.74) is 13.7. The summed E-state index contributed by atoms with van der Waals surface area (Å²) >= 11 is 0. The minimum Gasteiger partial charge on any atom is -0.397 e. The summed E-state index contributed by atoms with van der Waals surface area (Å²) in [6.07, 6.45) is 6.06. The normalized spacial score (nSPS) is 32.2. The molecule has 5 nitrogen and oxygen atoms in total. The Bertz CT molecular complexity index is 547. The third-order valence-electron chi connectivity index (χ3n) is 4.02. The number of aromatic nitrogens is 1. The molecule has 4 atom stereocenters. The zero-order valence-electron chi connectivity index (χ0n) is 11.3. The van der Waals surface area contributed by atoms with Crippen LogP contribution in [0.3, 0.4) is 0 Å². The van der Waals surface area contributed by atoms with Gasteiger partial charge in [0.1, 0.15) is 0 Å². The first-order chi connectivity index (χ1) is 8.80. The molecule has 2 rings (SSSR count). The first-order valence-electron chi connectivity index (χ1n) is 6.44. The molecule has 0 radical (unpaired) electrons. The molecular weight excluding hydrogens is 262 g/mol. The van der Waals surface area contributed by atoms with Gasteiger partial charge >= 0.3 is 0 Å². The molecule has 1 aromatic rings. The maximum absolute atomic E-state index is 11.8. The molecule has 0 amide bonds. The van der Waals surface area contributed by atoms with E-state index in [9.17, 15) is 8.42 Å². The van der Waals surface area contributed by atoms with Gasteiger partial charge in [0.2, 0.25) is 0 Å². The largest absolute Gasteiger partial charge is 0.397 e. The molecule has 1 heterocycles. The van der Waals surface area contributed by atoms with Gasteiger partial charge in [0.15, 0.2) is 9.84 Å². The highest BCUT2D eigenvalue weighted by Gasteiger charge is 2.40. The summed E-state index contributed by atoms with van der Waals surface area (Å²) in [5, 5.41) is -0.452. The van der Waals surface area contributed by atoms with Gasteiger partial charge < -0.3 is 11.5 Å². The highest BCUT2D eigenvalue weighted by atomic mass is 32.2. The second-order valence-electron chi connectivity index (χ2n) is 5.61. The lowest BCUT2D eigenvalue weighted by molar-refractivity contribution is 0.309. The molecule has 1 fully saturated rings. The third kappa shape index (κ3) is 2.90. The number of nitrogen functional groups attached to an aromatic ring is 1. The lowest BCUT2D eigenvalue weighted by Crippen LogP contribution is -2.48. The number of hydrogen-bond acceptors (Lipinski definition) is 5. The molecule has 0 aromatic carbocycles. The lowest BCUT2D eigenvalue weighted by Gasteiger charge is -2.38. The smallest absolute Gasteiger partial charge is 0.152 e. The van der Waals surface area contributed by atoms with Crippen LogP contribution in [-0.4, -0.2) is 30.9 Å². The van der Waals surface area contributed by atoms with E-state index in [4.69, 9.17) is 11.5 Å². The Labute approximate surface area is 114 Å². The SMILES string of the molecule is C[C@H]1C[C@@H](c2ccncc2N)C[C@@H](N)[C@H]1S(C)(=O)=O. The Kier molecular flexibility index (Phi) is 3.82. The van der Waals surface area contributed by atoms with Gasteiger partial charge in [-0.3, -0.25) is 4.98 Å². The van der Waals surface area contributed by atoms with E-state index in [1.165, 1.54) is 6.26 Å². The summed E-state index contributed by atoms with van der Waals surface area (Å²) in [7, 11) is -3.11. The second kappa shape index (κ2) is 5.09. The molecule has 0 saturated heterocycles.